The molecule has 0 unspecified atom stereocenters. The second-order valence-electron chi connectivity index (χ2n) is 5.76. The second kappa shape index (κ2) is 5.14. The Morgan fingerprint density at radius 2 is 2.00 bits per heavy atom. The van der Waals surface area contributed by atoms with Crippen LogP contribution in [0.3, 0.4) is 0 Å². The zero-order valence-corrected chi connectivity index (χ0v) is 12.0. The number of nitrogens with zero attached hydrogens (tertiary/aromatic N) is 4. The third-order valence-corrected chi connectivity index (χ3v) is 4.29. The molecular weight excluding hydrogens is 260 g/mol. The van der Waals surface area contributed by atoms with Crippen LogP contribution in [0.1, 0.15) is 29.0 Å². The molecule has 0 saturated carbocycles. The number of likely N-dealkylation sites (tertiary alicyclic amines) is 1. The maximum Gasteiger partial charge on any atom is 0.278 e. The standard InChI is InChI=1S/C13H20N4O3/c1-10-11(15-20-14-10)12(18)17-7-8-19-13(9-17)3-5-16(2)6-4-13/h3-9H2,1-2H3. The van der Waals surface area contributed by atoms with Crippen molar-refractivity contribution in [2.45, 2.75) is 25.4 Å². The molecule has 0 aromatic carbocycles. The first kappa shape index (κ1) is 13.5. The molecule has 0 N–H and O–H groups in total. The Balaban J connectivity index is 1.72. The summed E-state index contributed by atoms with van der Waals surface area (Å²) < 4.78 is 10.6. The molecule has 2 aliphatic rings. The molecule has 0 bridgehead atoms. The summed E-state index contributed by atoms with van der Waals surface area (Å²) in [5, 5.41) is 7.39. The van der Waals surface area contributed by atoms with Crippen LogP contribution in [0.25, 0.3) is 0 Å². The number of hydrogen-bond acceptors (Lipinski definition) is 6. The summed E-state index contributed by atoms with van der Waals surface area (Å²) in [6.07, 6.45) is 1.92. The minimum absolute atomic E-state index is 0.106. The van der Waals surface area contributed by atoms with Crippen LogP contribution in [0.2, 0.25) is 0 Å². The van der Waals surface area contributed by atoms with Crippen molar-refractivity contribution in [3.63, 3.8) is 0 Å². The molecule has 2 saturated heterocycles. The topological polar surface area (TPSA) is 71.7 Å². The normalized spacial score (nSPS) is 23.2. The van der Waals surface area contributed by atoms with Crippen LogP contribution in [-0.2, 0) is 4.74 Å². The number of aromatic nitrogens is 2. The van der Waals surface area contributed by atoms with Crippen molar-refractivity contribution in [2.75, 3.05) is 39.8 Å². The predicted octanol–water partition coefficient (Wildman–Crippen LogP) is 0.315. The number of hydrogen-bond donors (Lipinski definition) is 0. The maximum atomic E-state index is 12.5. The number of amides is 1. The lowest BCUT2D eigenvalue weighted by Gasteiger charge is -2.46. The van der Waals surface area contributed by atoms with Gasteiger partial charge in [-0.05, 0) is 32.0 Å². The van der Waals surface area contributed by atoms with Crippen molar-refractivity contribution >= 4 is 5.91 Å². The lowest BCUT2D eigenvalue weighted by atomic mass is 9.89. The quantitative estimate of drug-likeness (QED) is 0.737. The van der Waals surface area contributed by atoms with Crippen LogP contribution < -0.4 is 0 Å². The molecule has 20 heavy (non-hydrogen) atoms. The van der Waals surface area contributed by atoms with Crippen molar-refractivity contribution in [3.8, 4) is 0 Å². The van der Waals surface area contributed by atoms with Gasteiger partial charge in [-0.25, -0.2) is 4.63 Å². The Labute approximate surface area is 117 Å². The van der Waals surface area contributed by atoms with E-state index in [4.69, 9.17) is 4.74 Å². The SMILES string of the molecule is Cc1nonc1C(=O)N1CCOC2(CCN(C)CC2)C1. The summed E-state index contributed by atoms with van der Waals surface area (Å²) in [6.45, 7) is 5.56. The van der Waals surface area contributed by atoms with E-state index in [0.717, 1.165) is 25.9 Å². The molecule has 0 radical (unpaired) electrons. The third kappa shape index (κ3) is 2.43. The maximum absolute atomic E-state index is 12.5. The van der Waals surface area contributed by atoms with Gasteiger partial charge in [-0.3, -0.25) is 4.79 Å². The van der Waals surface area contributed by atoms with Crippen LogP contribution in [-0.4, -0.2) is 71.5 Å². The first-order valence-electron chi connectivity index (χ1n) is 7.01. The monoisotopic (exact) mass is 280 g/mol. The molecule has 0 aliphatic carbocycles. The molecule has 3 heterocycles. The van der Waals surface area contributed by atoms with E-state index in [2.05, 4.69) is 26.9 Å². The van der Waals surface area contributed by atoms with Crippen molar-refractivity contribution in [3.05, 3.63) is 11.4 Å². The Kier molecular flexibility index (Phi) is 3.47. The van der Waals surface area contributed by atoms with E-state index in [0.29, 0.717) is 31.1 Å². The fraction of sp³-hybridized carbons (Fsp3) is 0.769. The first-order chi connectivity index (χ1) is 9.60. The summed E-state index contributed by atoms with van der Waals surface area (Å²) >= 11 is 0. The highest BCUT2D eigenvalue weighted by Crippen LogP contribution is 2.30. The van der Waals surface area contributed by atoms with Crippen molar-refractivity contribution in [1.29, 1.82) is 0 Å². The number of ether oxygens (including phenoxy) is 1. The van der Waals surface area contributed by atoms with Gasteiger partial charge in [0.05, 0.1) is 18.8 Å². The zero-order chi connectivity index (χ0) is 14.2. The van der Waals surface area contributed by atoms with E-state index in [1.807, 2.05) is 4.90 Å². The third-order valence-electron chi connectivity index (χ3n) is 4.29. The van der Waals surface area contributed by atoms with E-state index >= 15 is 0 Å². The lowest BCUT2D eigenvalue weighted by Crippen LogP contribution is -2.57. The molecule has 2 aliphatic heterocycles. The van der Waals surface area contributed by atoms with Gasteiger partial charge >= 0.3 is 0 Å². The highest BCUT2D eigenvalue weighted by atomic mass is 16.6. The highest BCUT2D eigenvalue weighted by molar-refractivity contribution is 5.93. The van der Waals surface area contributed by atoms with Crippen molar-refractivity contribution < 1.29 is 14.2 Å². The van der Waals surface area contributed by atoms with E-state index in [9.17, 15) is 4.79 Å². The van der Waals surface area contributed by atoms with Gasteiger partial charge in [-0.1, -0.05) is 5.16 Å². The van der Waals surface area contributed by atoms with Crippen LogP contribution in [0.15, 0.2) is 4.63 Å². The Morgan fingerprint density at radius 1 is 1.25 bits per heavy atom. The average Bonchev–Trinajstić information content (AvgIpc) is 2.88. The molecule has 3 rings (SSSR count). The van der Waals surface area contributed by atoms with Crippen molar-refractivity contribution in [1.82, 2.24) is 20.1 Å². The van der Waals surface area contributed by atoms with Crippen LogP contribution in [0.5, 0.6) is 0 Å². The van der Waals surface area contributed by atoms with Gasteiger partial charge in [0.25, 0.3) is 5.91 Å². The molecule has 2 fully saturated rings. The number of carbonyl (C=O) groups is 1. The minimum Gasteiger partial charge on any atom is -0.371 e. The Morgan fingerprint density at radius 3 is 2.65 bits per heavy atom. The molecule has 110 valence electrons. The smallest absolute Gasteiger partial charge is 0.278 e. The van der Waals surface area contributed by atoms with Gasteiger partial charge in [-0.15, -0.1) is 0 Å². The van der Waals surface area contributed by atoms with E-state index in [-0.39, 0.29) is 11.5 Å². The number of rotatable bonds is 1. The van der Waals surface area contributed by atoms with Crippen molar-refractivity contribution in [2.24, 2.45) is 0 Å². The van der Waals surface area contributed by atoms with Gasteiger partial charge in [0.1, 0.15) is 5.69 Å². The van der Waals surface area contributed by atoms with Crippen LogP contribution in [0, 0.1) is 6.92 Å². The summed E-state index contributed by atoms with van der Waals surface area (Å²) in [5.41, 5.74) is 0.666. The number of aryl methyl sites for hydroxylation is 1. The van der Waals surface area contributed by atoms with Gasteiger partial charge < -0.3 is 14.5 Å². The summed E-state index contributed by atoms with van der Waals surface area (Å²) in [6, 6.07) is 0. The zero-order valence-electron chi connectivity index (χ0n) is 12.0. The summed E-state index contributed by atoms with van der Waals surface area (Å²) in [4.78, 5) is 16.6. The van der Waals surface area contributed by atoms with Gasteiger partial charge in [0, 0.05) is 19.6 Å². The van der Waals surface area contributed by atoms with Crippen LogP contribution in [0.4, 0.5) is 0 Å². The molecule has 1 aromatic heterocycles. The predicted molar refractivity (Wildman–Crippen MR) is 70.4 cm³/mol. The minimum atomic E-state index is -0.189. The first-order valence-corrected chi connectivity index (χ1v) is 7.01. The fourth-order valence-corrected chi connectivity index (χ4v) is 2.92. The van der Waals surface area contributed by atoms with Gasteiger partial charge in [-0.2, -0.15) is 0 Å². The van der Waals surface area contributed by atoms with E-state index in [1.165, 1.54) is 0 Å². The molecule has 1 amide bonds. The molecule has 7 heteroatoms. The van der Waals surface area contributed by atoms with Gasteiger partial charge in [0.2, 0.25) is 0 Å². The van der Waals surface area contributed by atoms with E-state index in [1.54, 1.807) is 6.92 Å². The van der Waals surface area contributed by atoms with Gasteiger partial charge in [0.15, 0.2) is 5.69 Å². The van der Waals surface area contributed by atoms with Crippen LogP contribution >= 0.6 is 0 Å². The summed E-state index contributed by atoms with van der Waals surface area (Å²) in [5.74, 6) is -0.106. The highest BCUT2D eigenvalue weighted by Gasteiger charge is 2.41. The lowest BCUT2D eigenvalue weighted by molar-refractivity contribution is -0.125. The fourth-order valence-electron chi connectivity index (χ4n) is 2.92. The number of carbonyl (C=O) groups excluding carboxylic acids is 1. The molecular formula is C13H20N4O3. The second-order valence-corrected chi connectivity index (χ2v) is 5.76. The number of morpholine rings is 1. The molecule has 1 aromatic rings. The molecule has 1 spiro atoms. The Bertz CT molecular complexity index is 494. The largest absolute Gasteiger partial charge is 0.371 e. The average molecular weight is 280 g/mol. The van der Waals surface area contributed by atoms with E-state index < -0.39 is 0 Å². The summed E-state index contributed by atoms with van der Waals surface area (Å²) in [7, 11) is 2.11. The number of piperidine rings is 1. The Hall–Kier alpha value is -1.47. The molecule has 7 nitrogen and oxygen atoms in total. The molecule has 0 atom stereocenters.